The molecule has 0 spiro atoms. The van der Waals surface area contributed by atoms with Crippen LogP contribution in [0, 0.1) is 6.08 Å². The summed E-state index contributed by atoms with van der Waals surface area (Å²) >= 11 is 0. The van der Waals surface area contributed by atoms with Gasteiger partial charge in [0.1, 0.15) is 0 Å². The molecule has 0 saturated heterocycles. The minimum absolute atomic E-state index is 0. The fraction of sp³-hybridized carbons (Fsp3) is 0.118. The van der Waals surface area contributed by atoms with Crippen LogP contribution in [0.2, 0.25) is 0 Å². The number of allylic oxidation sites excluding steroid dienone is 4. The Labute approximate surface area is 149 Å². The van der Waals surface area contributed by atoms with Gasteiger partial charge < -0.3 is 24.8 Å². The first-order chi connectivity index (χ1) is 8.92. The van der Waals surface area contributed by atoms with Crippen molar-refractivity contribution in [3.8, 4) is 0 Å². The maximum absolute atomic E-state index is 4.36. The normalized spacial score (nSPS) is 12.2. The third-order valence-electron chi connectivity index (χ3n) is 3.07. The fourth-order valence-electron chi connectivity index (χ4n) is 2.16. The Morgan fingerprint density at radius 2 is 1.67 bits per heavy atom. The molecule has 3 rings (SSSR count). The molecule has 107 valence electrons. The molecule has 0 atom stereocenters. The predicted molar refractivity (Wildman–Crippen MR) is 73.7 cm³/mol. The number of hydrogen-bond donors (Lipinski definition) is 0. The molecular weight excluding hydrogens is 341 g/mol. The second kappa shape index (κ2) is 9.82. The van der Waals surface area contributed by atoms with Crippen LogP contribution in [0.4, 0.5) is 0 Å². The molecule has 0 N–H and O–H groups in total. The Hall–Kier alpha value is -1.04. The van der Waals surface area contributed by atoms with Gasteiger partial charge in [0.05, 0.1) is 0 Å². The van der Waals surface area contributed by atoms with Crippen molar-refractivity contribution in [1.82, 2.24) is 4.98 Å². The first-order valence-corrected chi connectivity index (χ1v) is 6.19. The maximum atomic E-state index is 4.36. The van der Waals surface area contributed by atoms with Crippen LogP contribution >= 0.6 is 0 Å². The van der Waals surface area contributed by atoms with Crippen molar-refractivity contribution in [3.05, 3.63) is 83.7 Å². The van der Waals surface area contributed by atoms with Gasteiger partial charge in [-0.15, -0.1) is 23.3 Å². The summed E-state index contributed by atoms with van der Waals surface area (Å²) in [5.41, 5.74) is 4.88. The molecule has 1 heterocycles. The first kappa shape index (κ1) is 20.0. The standard InChI is InChI=1S/C17H14N.2ClH.Cr/c1-2-6-15(7-3-1)16-10-9-14(12-16)13-17-8-4-5-11-18-17;;;/h1-8,10-11H,9,13H2;2*1H;/q-1;;;+3/p-2. The van der Waals surface area contributed by atoms with E-state index in [0.29, 0.717) is 0 Å². The Kier molecular flexibility index (Phi) is 9.33. The maximum Gasteiger partial charge on any atom is 3.00 e. The van der Waals surface area contributed by atoms with Gasteiger partial charge in [-0.2, -0.15) is 17.7 Å². The van der Waals surface area contributed by atoms with Crippen LogP contribution in [-0.4, -0.2) is 4.98 Å². The molecule has 1 nitrogen and oxygen atoms in total. The Morgan fingerprint density at radius 1 is 0.952 bits per heavy atom. The van der Waals surface area contributed by atoms with Gasteiger partial charge in [0, 0.05) is 11.9 Å². The van der Waals surface area contributed by atoms with Gasteiger partial charge in [0.2, 0.25) is 0 Å². The summed E-state index contributed by atoms with van der Waals surface area (Å²) in [6.45, 7) is 0. The Bertz CT molecular complexity index is 595. The second-order valence-electron chi connectivity index (χ2n) is 4.41. The number of rotatable bonds is 3. The van der Waals surface area contributed by atoms with Crippen LogP contribution < -0.4 is 24.8 Å². The number of benzene rings is 1. The van der Waals surface area contributed by atoms with E-state index in [9.17, 15) is 0 Å². The third-order valence-corrected chi connectivity index (χ3v) is 3.07. The zero-order valence-corrected chi connectivity index (χ0v) is 14.1. The van der Waals surface area contributed by atoms with Crippen molar-refractivity contribution < 1.29 is 42.2 Å². The summed E-state index contributed by atoms with van der Waals surface area (Å²) in [7, 11) is 0. The van der Waals surface area contributed by atoms with E-state index in [2.05, 4.69) is 47.5 Å². The summed E-state index contributed by atoms with van der Waals surface area (Å²) in [6, 6.07) is 16.5. The summed E-state index contributed by atoms with van der Waals surface area (Å²) in [4.78, 5) is 4.36. The van der Waals surface area contributed by atoms with E-state index in [-0.39, 0.29) is 42.2 Å². The van der Waals surface area contributed by atoms with Crippen LogP contribution in [0.1, 0.15) is 17.7 Å². The van der Waals surface area contributed by atoms with Crippen LogP contribution in [0.25, 0.3) is 5.57 Å². The van der Waals surface area contributed by atoms with E-state index in [1.807, 2.05) is 24.4 Å². The average molecular weight is 355 g/mol. The SMILES string of the molecule is [C-]1=C(Cc2ccccn2)CC=C1c1ccccc1.[Cl-].[Cl-].[Cr+3]. The first-order valence-electron chi connectivity index (χ1n) is 6.19. The zero-order valence-electron chi connectivity index (χ0n) is 11.3. The van der Waals surface area contributed by atoms with E-state index < -0.39 is 0 Å². The predicted octanol–water partition coefficient (Wildman–Crippen LogP) is -2.15. The zero-order chi connectivity index (χ0) is 12.2. The van der Waals surface area contributed by atoms with Crippen molar-refractivity contribution in [3.63, 3.8) is 0 Å². The molecule has 1 radical (unpaired) electrons. The van der Waals surface area contributed by atoms with E-state index in [0.717, 1.165) is 18.5 Å². The Morgan fingerprint density at radius 3 is 2.33 bits per heavy atom. The molecule has 1 aromatic carbocycles. The number of pyridine rings is 1. The molecule has 0 unspecified atom stereocenters. The van der Waals surface area contributed by atoms with Crippen LogP contribution in [0.15, 0.2) is 66.4 Å². The van der Waals surface area contributed by atoms with Crippen LogP contribution in [0.3, 0.4) is 0 Å². The van der Waals surface area contributed by atoms with Gasteiger partial charge in [-0.1, -0.05) is 30.7 Å². The van der Waals surface area contributed by atoms with Gasteiger partial charge in [0.25, 0.3) is 0 Å². The van der Waals surface area contributed by atoms with Crippen molar-refractivity contribution in [2.24, 2.45) is 0 Å². The molecule has 0 amide bonds. The molecule has 2 aromatic rings. The van der Waals surface area contributed by atoms with Crippen molar-refractivity contribution in [2.75, 3.05) is 0 Å². The summed E-state index contributed by atoms with van der Waals surface area (Å²) in [5.74, 6) is 0. The smallest absolute Gasteiger partial charge is 1.00 e. The molecule has 0 aliphatic heterocycles. The largest absolute Gasteiger partial charge is 3.00 e. The average Bonchev–Trinajstić information content (AvgIpc) is 2.89. The summed E-state index contributed by atoms with van der Waals surface area (Å²) in [6.07, 6.45) is 9.46. The van der Waals surface area contributed by atoms with E-state index in [4.69, 9.17) is 0 Å². The molecule has 0 bridgehead atoms. The number of aromatic nitrogens is 1. The van der Waals surface area contributed by atoms with Gasteiger partial charge in [-0.25, -0.2) is 0 Å². The molecule has 1 aliphatic carbocycles. The van der Waals surface area contributed by atoms with Crippen LogP contribution in [-0.2, 0) is 23.8 Å². The second-order valence-corrected chi connectivity index (χ2v) is 4.41. The van der Waals surface area contributed by atoms with Crippen molar-refractivity contribution in [2.45, 2.75) is 12.8 Å². The molecule has 0 saturated carbocycles. The molecule has 1 aliphatic rings. The van der Waals surface area contributed by atoms with Crippen molar-refractivity contribution >= 4 is 5.57 Å². The van der Waals surface area contributed by atoms with E-state index >= 15 is 0 Å². The van der Waals surface area contributed by atoms with Crippen LogP contribution in [0.5, 0.6) is 0 Å². The molecular formula is C17H14Cl2CrN. The Balaban J connectivity index is 0.00000133. The summed E-state index contributed by atoms with van der Waals surface area (Å²) in [5, 5.41) is 0. The van der Waals surface area contributed by atoms with Gasteiger partial charge in [-0.3, -0.25) is 4.98 Å². The molecule has 0 fully saturated rings. The third kappa shape index (κ3) is 5.34. The van der Waals surface area contributed by atoms with Gasteiger partial charge in [-0.05, 0) is 18.6 Å². The van der Waals surface area contributed by atoms with E-state index in [1.165, 1.54) is 16.7 Å². The molecule has 21 heavy (non-hydrogen) atoms. The van der Waals surface area contributed by atoms with E-state index in [1.54, 1.807) is 0 Å². The topological polar surface area (TPSA) is 12.9 Å². The molecule has 4 heteroatoms. The van der Waals surface area contributed by atoms with Crippen molar-refractivity contribution in [1.29, 1.82) is 0 Å². The minimum atomic E-state index is 0. The number of nitrogens with zero attached hydrogens (tertiary/aromatic N) is 1. The fourth-order valence-corrected chi connectivity index (χ4v) is 2.16. The number of hydrogen-bond acceptors (Lipinski definition) is 1. The summed E-state index contributed by atoms with van der Waals surface area (Å²) < 4.78 is 0. The van der Waals surface area contributed by atoms with Gasteiger partial charge in [0.15, 0.2) is 0 Å². The molecule has 1 aromatic heterocycles. The minimum Gasteiger partial charge on any atom is -1.00 e. The number of halogens is 2. The van der Waals surface area contributed by atoms with Gasteiger partial charge >= 0.3 is 17.4 Å². The monoisotopic (exact) mass is 354 g/mol. The quantitative estimate of drug-likeness (QED) is 0.572.